The van der Waals surface area contributed by atoms with E-state index in [9.17, 15) is 15.0 Å². The zero-order valence-electron chi connectivity index (χ0n) is 12.9. The SMILES string of the molecule is C=C=C1c2ccccc2C(=O)N1CC[C@@H](O)C[C@@H](O)CC(=C)O. The van der Waals surface area contributed by atoms with Gasteiger partial charge in [0.15, 0.2) is 0 Å². The molecular weight excluding hydrogens is 294 g/mol. The number of carbonyl (C=O) groups is 1. The second-order valence-electron chi connectivity index (χ2n) is 5.63. The maximum Gasteiger partial charge on any atom is 0.259 e. The molecule has 0 spiro atoms. The smallest absolute Gasteiger partial charge is 0.259 e. The Kier molecular flexibility index (Phi) is 5.40. The van der Waals surface area contributed by atoms with Crippen LogP contribution >= 0.6 is 0 Å². The Bertz CT molecular complexity index is 661. The van der Waals surface area contributed by atoms with Gasteiger partial charge in [0.05, 0.1) is 23.7 Å². The minimum atomic E-state index is -0.858. The molecule has 1 heterocycles. The van der Waals surface area contributed by atoms with E-state index in [4.69, 9.17) is 5.11 Å². The first-order chi connectivity index (χ1) is 10.9. The largest absolute Gasteiger partial charge is 0.513 e. The highest BCUT2D eigenvalue weighted by Crippen LogP contribution is 2.31. The molecule has 0 fully saturated rings. The molecule has 0 saturated carbocycles. The Balaban J connectivity index is 1.98. The number of rotatable bonds is 7. The molecular formula is C18H21NO4. The van der Waals surface area contributed by atoms with E-state index in [2.05, 4.69) is 18.9 Å². The molecule has 1 aromatic carbocycles. The standard InChI is InChI=1S/C18H21NO4/c1-3-17-15-6-4-5-7-16(15)18(23)19(17)9-8-13(21)11-14(22)10-12(2)20/h4-7,13-14,20-22H,1-2,8-11H2/t13-,14+/m1/s1. The highest BCUT2D eigenvalue weighted by molar-refractivity contribution is 6.08. The summed E-state index contributed by atoms with van der Waals surface area (Å²) in [6.07, 6.45) is -1.19. The van der Waals surface area contributed by atoms with Crippen LogP contribution in [0.1, 0.15) is 35.2 Å². The maximum absolute atomic E-state index is 12.4. The van der Waals surface area contributed by atoms with E-state index >= 15 is 0 Å². The Morgan fingerprint density at radius 3 is 2.48 bits per heavy atom. The molecule has 2 atom stereocenters. The predicted octanol–water partition coefficient (Wildman–Crippen LogP) is 2.23. The lowest BCUT2D eigenvalue weighted by atomic mass is 10.1. The molecule has 122 valence electrons. The van der Waals surface area contributed by atoms with Crippen LogP contribution in [0.25, 0.3) is 5.70 Å². The van der Waals surface area contributed by atoms with Gasteiger partial charge in [-0.25, -0.2) is 0 Å². The van der Waals surface area contributed by atoms with Crippen molar-refractivity contribution in [2.24, 2.45) is 0 Å². The first kappa shape index (κ1) is 17.0. The Hall–Kier alpha value is -2.33. The van der Waals surface area contributed by atoms with E-state index in [1.807, 2.05) is 12.1 Å². The average Bonchev–Trinajstić information content (AvgIpc) is 2.76. The molecule has 1 amide bonds. The third-order valence-corrected chi connectivity index (χ3v) is 3.80. The fraction of sp³-hybridized carbons (Fsp3) is 0.333. The first-order valence-corrected chi connectivity index (χ1v) is 7.48. The summed E-state index contributed by atoms with van der Waals surface area (Å²) in [4.78, 5) is 13.9. The Morgan fingerprint density at radius 1 is 1.22 bits per heavy atom. The van der Waals surface area contributed by atoms with E-state index < -0.39 is 12.2 Å². The summed E-state index contributed by atoms with van der Waals surface area (Å²) >= 11 is 0. The highest BCUT2D eigenvalue weighted by Gasteiger charge is 2.31. The quantitative estimate of drug-likeness (QED) is 0.532. The number of aliphatic hydroxyl groups is 3. The molecule has 5 heteroatoms. The minimum absolute atomic E-state index is 0.0307. The van der Waals surface area contributed by atoms with Crippen molar-refractivity contribution < 1.29 is 20.1 Å². The van der Waals surface area contributed by atoms with Crippen molar-refractivity contribution in [3.05, 3.63) is 60.0 Å². The van der Waals surface area contributed by atoms with E-state index in [0.717, 1.165) is 5.56 Å². The van der Waals surface area contributed by atoms with Gasteiger partial charge < -0.3 is 20.2 Å². The molecule has 23 heavy (non-hydrogen) atoms. The number of hydrogen-bond donors (Lipinski definition) is 3. The number of nitrogens with zero attached hydrogens (tertiary/aromatic N) is 1. The molecule has 1 aliphatic rings. The Labute approximate surface area is 135 Å². The second-order valence-corrected chi connectivity index (χ2v) is 5.63. The van der Waals surface area contributed by atoms with Crippen LogP contribution in [0.15, 0.2) is 48.9 Å². The molecule has 1 aromatic rings. The molecule has 0 aliphatic carbocycles. The minimum Gasteiger partial charge on any atom is -0.513 e. The van der Waals surface area contributed by atoms with Crippen LogP contribution in [0.5, 0.6) is 0 Å². The number of hydrogen-bond acceptors (Lipinski definition) is 4. The van der Waals surface area contributed by atoms with Crippen LogP contribution in [0, 0.1) is 0 Å². The lowest BCUT2D eigenvalue weighted by molar-refractivity contribution is 0.0638. The summed E-state index contributed by atoms with van der Waals surface area (Å²) in [7, 11) is 0. The van der Waals surface area contributed by atoms with Crippen molar-refractivity contribution in [1.29, 1.82) is 0 Å². The van der Waals surface area contributed by atoms with E-state index in [1.54, 1.807) is 12.1 Å². The maximum atomic E-state index is 12.4. The van der Waals surface area contributed by atoms with Crippen LogP contribution in [-0.4, -0.2) is 44.9 Å². The van der Waals surface area contributed by atoms with Crippen molar-refractivity contribution >= 4 is 11.6 Å². The van der Waals surface area contributed by atoms with E-state index in [0.29, 0.717) is 24.2 Å². The number of fused-ring (bicyclic) bond motifs is 1. The van der Waals surface area contributed by atoms with Gasteiger partial charge in [-0.15, -0.1) is 5.73 Å². The van der Waals surface area contributed by atoms with Crippen molar-refractivity contribution in [2.75, 3.05) is 6.54 Å². The number of amides is 1. The van der Waals surface area contributed by atoms with Gasteiger partial charge in [0.25, 0.3) is 5.91 Å². The molecule has 3 N–H and O–H groups in total. The van der Waals surface area contributed by atoms with Crippen LogP contribution in [0.3, 0.4) is 0 Å². The van der Waals surface area contributed by atoms with Crippen LogP contribution in [0.2, 0.25) is 0 Å². The lowest BCUT2D eigenvalue weighted by Gasteiger charge is -2.20. The van der Waals surface area contributed by atoms with Gasteiger partial charge in [-0.2, -0.15) is 0 Å². The topological polar surface area (TPSA) is 81.0 Å². The van der Waals surface area contributed by atoms with Crippen LogP contribution in [-0.2, 0) is 0 Å². The summed E-state index contributed by atoms with van der Waals surface area (Å²) in [6.45, 7) is 7.25. The number of aliphatic hydroxyl groups excluding tert-OH is 3. The third kappa shape index (κ3) is 3.90. The van der Waals surface area contributed by atoms with E-state index in [-0.39, 0.29) is 24.5 Å². The van der Waals surface area contributed by atoms with Gasteiger partial charge in [-0.1, -0.05) is 31.4 Å². The van der Waals surface area contributed by atoms with E-state index in [1.165, 1.54) is 4.90 Å². The van der Waals surface area contributed by atoms with Gasteiger partial charge in [-0.3, -0.25) is 4.79 Å². The number of benzene rings is 1. The highest BCUT2D eigenvalue weighted by atomic mass is 16.3. The third-order valence-electron chi connectivity index (χ3n) is 3.80. The Morgan fingerprint density at radius 2 is 1.87 bits per heavy atom. The summed E-state index contributed by atoms with van der Waals surface area (Å²) in [5, 5.41) is 28.7. The zero-order chi connectivity index (χ0) is 17.0. The molecule has 0 bridgehead atoms. The second kappa shape index (κ2) is 7.29. The molecule has 0 aromatic heterocycles. The van der Waals surface area contributed by atoms with Gasteiger partial charge in [0.2, 0.25) is 0 Å². The summed E-state index contributed by atoms with van der Waals surface area (Å²) < 4.78 is 0. The van der Waals surface area contributed by atoms with Gasteiger partial charge in [0, 0.05) is 24.1 Å². The monoisotopic (exact) mass is 315 g/mol. The molecule has 0 unspecified atom stereocenters. The fourth-order valence-electron chi connectivity index (χ4n) is 2.74. The van der Waals surface area contributed by atoms with Gasteiger partial charge in [-0.05, 0) is 18.9 Å². The molecule has 5 nitrogen and oxygen atoms in total. The molecule has 0 radical (unpaired) electrons. The van der Waals surface area contributed by atoms with Crippen LogP contribution in [0.4, 0.5) is 0 Å². The summed E-state index contributed by atoms with van der Waals surface area (Å²) in [5.74, 6) is -0.255. The summed E-state index contributed by atoms with van der Waals surface area (Å²) in [6, 6.07) is 7.24. The van der Waals surface area contributed by atoms with Crippen molar-refractivity contribution in [3.8, 4) is 0 Å². The van der Waals surface area contributed by atoms with Crippen molar-refractivity contribution in [2.45, 2.75) is 31.5 Å². The van der Waals surface area contributed by atoms with Gasteiger partial charge >= 0.3 is 0 Å². The molecule has 1 aliphatic heterocycles. The molecule has 2 rings (SSSR count). The fourth-order valence-corrected chi connectivity index (χ4v) is 2.74. The van der Waals surface area contributed by atoms with Crippen molar-refractivity contribution in [1.82, 2.24) is 4.90 Å². The number of carbonyl (C=O) groups excluding carboxylic acids is 1. The van der Waals surface area contributed by atoms with Gasteiger partial charge in [0.1, 0.15) is 0 Å². The average molecular weight is 315 g/mol. The zero-order valence-corrected chi connectivity index (χ0v) is 12.9. The molecule has 0 saturated heterocycles. The summed E-state index contributed by atoms with van der Waals surface area (Å²) in [5.41, 5.74) is 4.79. The van der Waals surface area contributed by atoms with Crippen molar-refractivity contribution in [3.63, 3.8) is 0 Å². The normalized spacial score (nSPS) is 16.0. The predicted molar refractivity (Wildman–Crippen MR) is 87.7 cm³/mol. The first-order valence-electron chi connectivity index (χ1n) is 7.48. The lowest BCUT2D eigenvalue weighted by Crippen LogP contribution is -2.28. The van der Waals surface area contributed by atoms with Crippen LogP contribution < -0.4 is 0 Å².